The second-order valence-electron chi connectivity index (χ2n) is 3.33. The lowest BCUT2D eigenvalue weighted by Crippen LogP contribution is -2.42. The van der Waals surface area contributed by atoms with Gasteiger partial charge in [0, 0.05) is 12.5 Å². The Morgan fingerprint density at radius 3 is 2.75 bits per heavy atom. The van der Waals surface area contributed by atoms with Gasteiger partial charge in [-0.1, -0.05) is 19.8 Å². The molecular weight excluding hydrogens is 174 g/mol. The lowest BCUT2D eigenvalue weighted by atomic mass is 9.95. The van der Waals surface area contributed by atoms with Crippen LogP contribution in [0.15, 0.2) is 0 Å². The summed E-state index contributed by atoms with van der Waals surface area (Å²) in [5.74, 6) is 0.118. The van der Waals surface area contributed by atoms with E-state index in [0.29, 0.717) is 6.42 Å². The van der Waals surface area contributed by atoms with Crippen molar-refractivity contribution in [1.82, 2.24) is 5.32 Å². The number of halogens is 1. The zero-order valence-corrected chi connectivity index (χ0v) is 8.23. The second kappa shape index (κ2) is 4.70. The van der Waals surface area contributed by atoms with E-state index in [4.69, 9.17) is 11.6 Å². The fourth-order valence-electron chi connectivity index (χ4n) is 1.56. The molecule has 0 unspecified atom stereocenters. The van der Waals surface area contributed by atoms with Crippen LogP contribution in [0.4, 0.5) is 0 Å². The molecule has 0 aliphatic heterocycles. The van der Waals surface area contributed by atoms with Crippen LogP contribution in [0.1, 0.15) is 39.0 Å². The van der Waals surface area contributed by atoms with E-state index < -0.39 is 0 Å². The molecular formula is C9H16ClNO. The molecule has 1 rings (SSSR count). The van der Waals surface area contributed by atoms with Crippen molar-refractivity contribution >= 4 is 17.5 Å². The van der Waals surface area contributed by atoms with Crippen molar-refractivity contribution < 1.29 is 4.79 Å². The molecule has 1 fully saturated rings. The van der Waals surface area contributed by atoms with Crippen LogP contribution >= 0.6 is 11.6 Å². The van der Waals surface area contributed by atoms with Gasteiger partial charge in [-0.2, -0.15) is 0 Å². The van der Waals surface area contributed by atoms with Gasteiger partial charge >= 0.3 is 0 Å². The minimum Gasteiger partial charge on any atom is -0.352 e. The highest BCUT2D eigenvalue weighted by atomic mass is 35.5. The van der Waals surface area contributed by atoms with Gasteiger partial charge < -0.3 is 5.32 Å². The van der Waals surface area contributed by atoms with E-state index in [1.807, 2.05) is 6.92 Å². The molecule has 0 saturated heterocycles. The molecule has 0 aromatic carbocycles. The third-order valence-electron chi connectivity index (χ3n) is 2.35. The Hall–Kier alpha value is -0.240. The third-order valence-corrected chi connectivity index (χ3v) is 2.87. The van der Waals surface area contributed by atoms with Crippen LogP contribution in [0.3, 0.4) is 0 Å². The van der Waals surface area contributed by atoms with Crippen LogP contribution in [-0.2, 0) is 4.79 Å². The summed E-state index contributed by atoms with van der Waals surface area (Å²) < 4.78 is 0. The van der Waals surface area contributed by atoms with Gasteiger partial charge in [-0.05, 0) is 12.8 Å². The molecule has 0 heterocycles. The highest BCUT2D eigenvalue weighted by molar-refractivity contribution is 6.21. The van der Waals surface area contributed by atoms with E-state index in [0.717, 1.165) is 12.8 Å². The molecule has 0 aromatic rings. The lowest BCUT2D eigenvalue weighted by Gasteiger charge is -2.27. The molecule has 0 aromatic heterocycles. The normalized spacial score (nSPS) is 29.8. The molecule has 3 heteroatoms. The van der Waals surface area contributed by atoms with Crippen molar-refractivity contribution in [2.45, 2.75) is 50.4 Å². The minimum absolute atomic E-state index is 0.118. The predicted molar refractivity (Wildman–Crippen MR) is 50.3 cm³/mol. The molecule has 1 N–H and O–H groups in total. The second-order valence-corrected chi connectivity index (χ2v) is 3.89. The molecule has 2 nitrogen and oxygen atoms in total. The zero-order valence-electron chi connectivity index (χ0n) is 7.48. The van der Waals surface area contributed by atoms with Crippen molar-refractivity contribution in [2.75, 3.05) is 0 Å². The summed E-state index contributed by atoms with van der Waals surface area (Å²) in [6, 6.07) is 0.216. The van der Waals surface area contributed by atoms with Crippen LogP contribution in [-0.4, -0.2) is 17.3 Å². The number of nitrogens with one attached hydrogen (secondary N) is 1. The van der Waals surface area contributed by atoms with Crippen LogP contribution in [0.2, 0.25) is 0 Å². The summed E-state index contributed by atoms with van der Waals surface area (Å²) in [6.07, 6.45) is 5.03. The molecule has 1 amide bonds. The number of rotatable bonds is 2. The number of amides is 1. The maximum absolute atomic E-state index is 11.1. The van der Waals surface area contributed by atoms with E-state index in [1.165, 1.54) is 12.8 Å². The van der Waals surface area contributed by atoms with Gasteiger partial charge in [0.05, 0.1) is 5.38 Å². The van der Waals surface area contributed by atoms with Crippen LogP contribution < -0.4 is 5.32 Å². The summed E-state index contributed by atoms with van der Waals surface area (Å²) in [5.41, 5.74) is 0. The maximum atomic E-state index is 11.1. The summed E-state index contributed by atoms with van der Waals surface area (Å²) in [6.45, 7) is 1.86. The predicted octanol–water partition coefficient (Wildman–Crippen LogP) is 2.06. The van der Waals surface area contributed by atoms with Crippen molar-refractivity contribution in [3.63, 3.8) is 0 Å². The van der Waals surface area contributed by atoms with Crippen LogP contribution in [0.25, 0.3) is 0 Å². The van der Waals surface area contributed by atoms with E-state index in [-0.39, 0.29) is 17.3 Å². The first-order chi connectivity index (χ1) is 5.74. The van der Waals surface area contributed by atoms with E-state index in [9.17, 15) is 4.79 Å². The fraction of sp³-hybridized carbons (Fsp3) is 0.889. The number of alkyl halides is 1. The lowest BCUT2D eigenvalue weighted by molar-refractivity contribution is -0.121. The molecule has 0 spiro atoms. The topological polar surface area (TPSA) is 29.1 Å². The van der Waals surface area contributed by atoms with Gasteiger partial charge in [-0.15, -0.1) is 11.6 Å². The largest absolute Gasteiger partial charge is 0.352 e. The SMILES string of the molecule is CCC(=O)N[C@H]1CCCC[C@@H]1Cl. The van der Waals surface area contributed by atoms with Gasteiger partial charge in [0.15, 0.2) is 0 Å². The molecule has 2 atom stereocenters. The Balaban J connectivity index is 2.33. The van der Waals surface area contributed by atoms with Crippen molar-refractivity contribution in [1.29, 1.82) is 0 Å². The molecule has 1 aliphatic carbocycles. The maximum Gasteiger partial charge on any atom is 0.219 e. The Bertz CT molecular complexity index is 161. The molecule has 1 saturated carbocycles. The monoisotopic (exact) mass is 189 g/mol. The van der Waals surface area contributed by atoms with E-state index in [1.54, 1.807) is 0 Å². The molecule has 1 aliphatic rings. The average molecular weight is 190 g/mol. The van der Waals surface area contributed by atoms with E-state index >= 15 is 0 Å². The Morgan fingerprint density at radius 1 is 1.50 bits per heavy atom. The summed E-state index contributed by atoms with van der Waals surface area (Å²) in [5, 5.41) is 3.09. The first-order valence-electron chi connectivity index (χ1n) is 4.67. The summed E-state index contributed by atoms with van der Waals surface area (Å²) in [4.78, 5) is 11.1. The Kier molecular flexibility index (Phi) is 3.86. The first-order valence-corrected chi connectivity index (χ1v) is 5.11. The Labute approximate surface area is 78.7 Å². The first kappa shape index (κ1) is 9.85. The smallest absolute Gasteiger partial charge is 0.219 e. The molecule has 70 valence electrons. The van der Waals surface area contributed by atoms with Gasteiger partial charge in [-0.3, -0.25) is 4.79 Å². The summed E-state index contributed by atoms with van der Waals surface area (Å²) in [7, 11) is 0. The summed E-state index contributed by atoms with van der Waals surface area (Å²) >= 11 is 6.07. The van der Waals surface area contributed by atoms with Crippen molar-refractivity contribution in [3.05, 3.63) is 0 Å². The number of hydrogen-bond acceptors (Lipinski definition) is 1. The molecule has 0 radical (unpaired) electrons. The minimum atomic E-state index is 0.118. The van der Waals surface area contributed by atoms with Gasteiger partial charge in [0.1, 0.15) is 0 Å². The number of hydrogen-bond donors (Lipinski definition) is 1. The highest BCUT2D eigenvalue weighted by Gasteiger charge is 2.23. The average Bonchev–Trinajstić information content (AvgIpc) is 2.09. The molecule has 0 bridgehead atoms. The number of carbonyl (C=O) groups is 1. The van der Waals surface area contributed by atoms with Crippen molar-refractivity contribution in [2.24, 2.45) is 0 Å². The fourth-order valence-corrected chi connectivity index (χ4v) is 1.90. The van der Waals surface area contributed by atoms with Crippen LogP contribution in [0.5, 0.6) is 0 Å². The van der Waals surface area contributed by atoms with Crippen LogP contribution in [0, 0.1) is 0 Å². The van der Waals surface area contributed by atoms with Gasteiger partial charge in [-0.25, -0.2) is 0 Å². The van der Waals surface area contributed by atoms with Gasteiger partial charge in [0.25, 0.3) is 0 Å². The van der Waals surface area contributed by atoms with E-state index in [2.05, 4.69) is 5.32 Å². The number of carbonyl (C=O) groups excluding carboxylic acids is 1. The van der Waals surface area contributed by atoms with Gasteiger partial charge in [0.2, 0.25) is 5.91 Å². The molecule has 12 heavy (non-hydrogen) atoms. The standard InChI is InChI=1S/C9H16ClNO/c1-2-9(12)11-8-6-4-3-5-7(8)10/h7-8H,2-6H2,1H3,(H,11,12)/t7-,8-/m0/s1. The van der Waals surface area contributed by atoms with Crippen molar-refractivity contribution in [3.8, 4) is 0 Å². The zero-order chi connectivity index (χ0) is 8.97. The third kappa shape index (κ3) is 2.67. The highest BCUT2D eigenvalue weighted by Crippen LogP contribution is 2.22. The Morgan fingerprint density at radius 2 is 2.17 bits per heavy atom. The quantitative estimate of drug-likeness (QED) is 0.662.